The summed E-state index contributed by atoms with van der Waals surface area (Å²) < 4.78 is 5.64. The maximum atomic E-state index is 5.66. The molecule has 0 unspecified atom stereocenters. The second kappa shape index (κ2) is 5.93. The van der Waals surface area contributed by atoms with Crippen LogP contribution in [0.2, 0.25) is 0 Å². The highest BCUT2D eigenvalue weighted by atomic mass is 32.1. The van der Waals surface area contributed by atoms with Gasteiger partial charge in [-0.2, -0.15) is 0 Å². The summed E-state index contributed by atoms with van der Waals surface area (Å²) in [4.78, 5) is 0.597. The van der Waals surface area contributed by atoms with Gasteiger partial charge in [-0.3, -0.25) is 0 Å². The molecule has 0 heterocycles. The quantitative estimate of drug-likeness (QED) is 0.800. The maximum absolute atomic E-state index is 5.66. The minimum absolute atomic E-state index is 0.279. The van der Waals surface area contributed by atoms with Crippen molar-refractivity contribution in [2.75, 3.05) is 6.61 Å². The van der Waals surface area contributed by atoms with E-state index in [4.69, 9.17) is 40.6 Å². The average Bonchev–Trinajstić information content (AvgIpc) is 2.25. The molecule has 0 amide bonds. The molecule has 0 spiro atoms. The van der Waals surface area contributed by atoms with Crippen LogP contribution in [0.5, 0.6) is 5.75 Å². The number of ether oxygens (including phenoxy) is 1. The van der Waals surface area contributed by atoms with Crippen LogP contribution in [0.3, 0.4) is 0 Å². The van der Waals surface area contributed by atoms with Gasteiger partial charge in [0.2, 0.25) is 0 Å². The summed E-state index contributed by atoms with van der Waals surface area (Å²) in [7, 11) is 0. The molecule has 0 aliphatic heterocycles. The van der Waals surface area contributed by atoms with Crippen molar-refractivity contribution in [1.82, 2.24) is 0 Å². The zero-order valence-electron chi connectivity index (χ0n) is 9.90. The molecule has 0 saturated carbocycles. The number of benzene rings is 1. The van der Waals surface area contributed by atoms with Crippen LogP contribution in [0.15, 0.2) is 18.2 Å². The van der Waals surface area contributed by atoms with Crippen molar-refractivity contribution in [2.45, 2.75) is 13.8 Å². The van der Waals surface area contributed by atoms with Gasteiger partial charge in [-0.05, 0) is 24.1 Å². The number of hydrogen-bond donors (Lipinski definition) is 2. The van der Waals surface area contributed by atoms with Crippen LogP contribution < -0.4 is 16.2 Å². The van der Waals surface area contributed by atoms with E-state index in [1.54, 1.807) is 18.2 Å². The van der Waals surface area contributed by atoms with Crippen molar-refractivity contribution < 1.29 is 4.74 Å². The van der Waals surface area contributed by atoms with E-state index in [1.807, 2.05) is 0 Å². The molecule has 4 N–H and O–H groups in total. The minimum Gasteiger partial charge on any atom is -0.493 e. The SMILES string of the molecule is CC(C)COc1ccc(C(N)=S)cc1C(N)=S. The Morgan fingerprint density at radius 2 is 1.88 bits per heavy atom. The van der Waals surface area contributed by atoms with Gasteiger partial charge in [0.1, 0.15) is 15.7 Å². The van der Waals surface area contributed by atoms with Gasteiger partial charge in [0.25, 0.3) is 0 Å². The average molecular weight is 268 g/mol. The summed E-state index contributed by atoms with van der Waals surface area (Å²) >= 11 is 9.90. The fourth-order valence-corrected chi connectivity index (χ4v) is 1.54. The molecule has 0 aliphatic carbocycles. The Labute approximate surface area is 112 Å². The molecule has 17 heavy (non-hydrogen) atoms. The molecular formula is C12H16N2OS2. The van der Waals surface area contributed by atoms with E-state index in [-0.39, 0.29) is 4.99 Å². The smallest absolute Gasteiger partial charge is 0.129 e. The first-order chi connectivity index (χ1) is 7.91. The molecule has 0 saturated heterocycles. The maximum Gasteiger partial charge on any atom is 0.129 e. The van der Waals surface area contributed by atoms with Crippen LogP contribution in [0.25, 0.3) is 0 Å². The number of rotatable bonds is 5. The molecule has 0 atom stereocenters. The Hall–Kier alpha value is -1.20. The summed E-state index contributed by atoms with van der Waals surface area (Å²) in [5.74, 6) is 1.11. The summed E-state index contributed by atoms with van der Waals surface area (Å²) in [6, 6.07) is 5.37. The van der Waals surface area contributed by atoms with E-state index >= 15 is 0 Å². The highest BCUT2D eigenvalue weighted by molar-refractivity contribution is 7.81. The highest BCUT2D eigenvalue weighted by Gasteiger charge is 2.09. The Morgan fingerprint density at radius 1 is 1.24 bits per heavy atom. The van der Waals surface area contributed by atoms with Gasteiger partial charge in [0, 0.05) is 5.56 Å². The molecule has 0 fully saturated rings. The third kappa shape index (κ3) is 3.94. The Bertz CT molecular complexity index is 444. The summed E-state index contributed by atoms with van der Waals surface area (Å²) in [5.41, 5.74) is 12.6. The molecule has 92 valence electrons. The lowest BCUT2D eigenvalue weighted by Gasteiger charge is -2.13. The molecule has 1 rings (SSSR count). The normalized spacial score (nSPS) is 10.3. The van der Waals surface area contributed by atoms with Gasteiger partial charge in [-0.15, -0.1) is 0 Å². The number of nitrogens with two attached hydrogens (primary N) is 2. The van der Waals surface area contributed by atoms with Gasteiger partial charge < -0.3 is 16.2 Å². The first kappa shape index (κ1) is 13.9. The number of hydrogen-bond acceptors (Lipinski definition) is 3. The summed E-state index contributed by atoms with van der Waals surface area (Å²) in [5, 5.41) is 0. The third-order valence-electron chi connectivity index (χ3n) is 2.10. The fourth-order valence-electron chi connectivity index (χ4n) is 1.26. The van der Waals surface area contributed by atoms with E-state index in [9.17, 15) is 0 Å². The van der Waals surface area contributed by atoms with Crippen molar-refractivity contribution in [1.29, 1.82) is 0 Å². The second-order valence-corrected chi connectivity index (χ2v) is 5.02. The summed E-state index contributed by atoms with van der Waals surface area (Å²) in [6.07, 6.45) is 0. The van der Waals surface area contributed by atoms with E-state index < -0.39 is 0 Å². The zero-order valence-corrected chi connectivity index (χ0v) is 11.5. The fraction of sp³-hybridized carbons (Fsp3) is 0.333. The van der Waals surface area contributed by atoms with E-state index in [0.29, 0.717) is 28.8 Å². The molecule has 1 aromatic rings. The largest absolute Gasteiger partial charge is 0.493 e. The lowest BCUT2D eigenvalue weighted by atomic mass is 10.1. The molecule has 0 bridgehead atoms. The van der Waals surface area contributed by atoms with Crippen LogP contribution in [0.4, 0.5) is 0 Å². The van der Waals surface area contributed by atoms with Crippen molar-refractivity contribution in [3.8, 4) is 5.75 Å². The lowest BCUT2D eigenvalue weighted by molar-refractivity contribution is 0.270. The zero-order chi connectivity index (χ0) is 13.0. The van der Waals surface area contributed by atoms with Crippen LogP contribution in [-0.2, 0) is 0 Å². The Balaban J connectivity index is 3.04. The van der Waals surface area contributed by atoms with E-state index in [2.05, 4.69) is 13.8 Å². The first-order valence-corrected chi connectivity index (χ1v) is 6.10. The van der Waals surface area contributed by atoms with Gasteiger partial charge in [-0.1, -0.05) is 38.3 Å². The molecular weight excluding hydrogens is 252 g/mol. The predicted molar refractivity (Wildman–Crippen MR) is 78.5 cm³/mol. The van der Waals surface area contributed by atoms with Crippen LogP contribution >= 0.6 is 24.4 Å². The van der Waals surface area contributed by atoms with Crippen LogP contribution in [0, 0.1) is 5.92 Å². The monoisotopic (exact) mass is 268 g/mol. The van der Waals surface area contributed by atoms with Gasteiger partial charge in [-0.25, -0.2) is 0 Å². The molecule has 0 aliphatic rings. The Morgan fingerprint density at radius 3 is 2.35 bits per heavy atom. The van der Waals surface area contributed by atoms with Crippen LogP contribution in [0.1, 0.15) is 25.0 Å². The van der Waals surface area contributed by atoms with Crippen LogP contribution in [-0.4, -0.2) is 16.6 Å². The molecule has 3 nitrogen and oxygen atoms in total. The van der Waals surface area contributed by atoms with E-state index in [1.165, 1.54) is 0 Å². The second-order valence-electron chi connectivity index (χ2n) is 4.14. The van der Waals surface area contributed by atoms with Gasteiger partial charge >= 0.3 is 0 Å². The number of thiocarbonyl (C=S) groups is 2. The lowest BCUT2D eigenvalue weighted by Crippen LogP contribution is -2.16. The first-order valence-electron chi connectivity index (χ1n) is 5.28. The van der Waals surface area contributed by atoms with Crippen molar-refractivity contribution >= 4 is 34.4 Å². The molecule has 5 heteroatoms. The third-order valence-corrected chi connectivity index (χ3v) is 2.56. The van der Waals surface area contributed by atoms with Crippen molar-refractivity contribution in [3.63, 3.8) is 0 Å². The minimum atomic E-state index is 0.279. The van der Waals surface area contributed by atoms with E-state index in [0.717, 1.165) is 5.56 Å². The molecule has 1 aromatic carbocycles. The van der Waals surface area contributed by atoms with Gasteiger partial charge in [0.05, 0.1) is 12.2 Å². The molecule has 0 aromatic heterocycles. The predicted octanol–water partition coefficient (Wildman–Crippen LogP) is 1.99. The topological polar surface area (TPSA) is 61.3 Å². The Kier molecular flexibility index (Phi) is 4.84. The van der Waals surface area contributed by atoms with Crippen molar-refractivity contribution in [2.24, 2.45) is 17.4 Å². The highest BCUT2D eigenvalue weighted by Crippen LogP contribution is 2.21. The standard InChI is InChI=1S/C12H16N2OS2/c1-7(2)6-15-10-4-3-8(11(13)16)5-9(10)12(14)17/h3-5,7H,6H2,1-2H3,(H2,13,16)(H2,14,17). The van der Waals surface area contributed by atoms with Crippen molar-refractivity contribution in [3.05, 3.63) is 29.3 Å². The summed E-state index contributed by atoms with van der Waals surface area (Å²) in [6.45, 7) is 4.76. The van der Waals surface area contributed by atoms with Gasteiger partial charge in [0.15, 0.2) is 0 Å². The molecule has 0 radical (unpaired) electrons.